The van der Waals surface area contributed by atoms with Crippen LogP contribution in [0, 0.1) is 0 Å². The van der Waals surface area contributed by atoms with Crippen molar-refractivity contribution in [3.8, 4) is 11.4 Å². The first-order valence-corrected chi connectivity index (χ1v) is 4.18. The Bertz CT molecular complexity index is 605. The molecule has 0 spiro atoms. The standard InChI is InChI=1S/C9H8N2O4/c1-10-8(13)11(15-9(10)14)6-3-2-4-7(12)5-6/h2-5,12H,1H3. The van der Waals surface area contributed by atoms with Gasteiger partial charge in [-0.3, -0.25) is 0 Å². The molecule has 0 atom stereocenters. The van der Waals surface area contributed by atoms with Crippen LogP contribution in [0.15, 0.2) is 38.4 Å². The molecular formula is C9H8N2O4. The van der Waals surface area contributed by atoms with Gasteiger partial charge in [0.05, 0.1) is 5.69 Å². The molecule has 1 aromatic carbocycles. The zero-order valence-corrected chi connectivity index (χ0v) is 7.88. The van der Waals surface area contributed by atoms with Gasteiger partial charge in [-0.2, -0.15) is 0 Å². The van der Waals surface area contributed by atoms with E-state index in [0.717, 1.165) is 9.31 Å². The predicted molar refractivity (Wildman–Crippen MR) is 51.2 cm³/mol. The van der Waals surface area contributed by atoms with E-state index in [1.165, 1.54) is 19.2 Å². The highest BCUT2D eigenvalue weighted by Crippen LogP contribution is 2.12. The Morgan fingerprint density at radius 1 is 1.33 bits per heavy atom. The molecule has 0 bridgehead atoms. The van der Waals surface area contributed by atoms with E-state index in [0.29, 0.717) is 5.69 Å². The molecule has 0 aliphatic heterocycles. The Balaban J connectivity index is 2.70. The molecule has 0 amide bonds. The SMILES string of the molecule is Cn1c(=O)on(-c2cccc(O)c2)c1=O. The minimum Gasteiger partial charge on any atom is -0.508 e. The predicted octanol–water partition coefficient (Wildman–Crippen LogP) is -0.165. The first-order valence-electron chi connectivity index (χ1n) is 4.18. The summed E-state index contributed by atoms with van der Waals surface area (Å²) in [5.74, 6) is -0.755. The summed E-state index contributed by atoms with van der Waals surface area (Å²) in [6.07, 6.45) is 0. The van der Waals surface area contributed by atoms with Gasteiger partial charge >= 0.3 is 11.4 Å². The Kier molecular flexibility index (Phi) is 1.96. The second kappa shape index (κ2) is 3.16. The van der Waals surface area contributed by atoms with Crippen molar-refractivity contribution in [2.45, 2.75) is 0 Å². The number of aromatic hydroxyl groups is 1. The van der Waals surface area contributed by atoms with Crippen LogP contribution in [0.3, 0.4) is 0 Å². The average molecular weight is 208 g/mol. The van der Waals surface area contributed by atoms with Crippen molar-refractivity contribution >= 4 is 0 Å². The first kappa shape index (κ1) is 9.32. The molecule has 2 aromatic rings. The van der Waals surface area contributed by atoms with Crippen LogP contribution >= 0.6 is 0 Å². The second-order valence-corrected chi connectivity index (χ2v) is 3.01. The van der Waals surface area contributed by atoms with Gasteiger partial charge < -0.3 is 9.63 Å². The van der Waals surface area contributed by atoms with Gasteiger partial charge in [0.25, 0.3) is 0 Å². The Morgan fingerprint density at radius 3 is 2.60 bits per heavy atom. The van der Waals surface area contributed by atoms with Gasteiger partial charge in [-0.15, -0.1) is 4.74 Å². The molecule has 0 saturated carbocycles. The minimum absolute atomic E-state index is 0.00842. The van der Waals surface area contributed by atoms with Gasteiger partial charge in [0.1, 0.15) is 5.75 Å². The van der Waals surface area contributed by atoms with Crippen molar-refractivity contribution in [1.29, 1.82) is 0 Å². The maximum Gasteiger partial charge on any atom is 0.442 e. The van der Waals surface area contributed by atoms with E-state index in [2.05, 4.69) is 4.52 Å². The summed E-state index contributed by atoms with van der Waals surface area (Å²) >= 11 is 0. The highest BCUT2D eigenvalue weighted by atomic mass is 16.5. The fraction of sp³-hybridized carbons (Fsp3) is 0.111. The molecule has 6 heteroatoms. The van der Waals surface area contributed by atoms with Crippen LogP contribution in [0.25, 0.3) is 5.69 Å². The van der Waals surface area contributed by atoms with Crippen LogP contribution < -0.4 is 11.4 Å². The lowest BCUT2D eigenvalue weighted by molar-refractivity contribution is 0.311. The summed E-state index contributed by atoms with van der Waals surface area (Å²) in [5.41, 5.74) is -0.289. The molecule has 0 aliphatic rings. The van der Waals surface area contributed by atoms with Crippen LogP contribution in [0.5, 0.6) is 5.75 Å². The summed E-state index contributed by atoms with van der Waals surface area (Å²) in [6, 6.07) is 5.87. The minimum atomic E-state index is -0.747. The summed E-state index contributed by atoms with van der Waals surface area (Å²) in [4.78, 5) is 22.5. The number of benzene rings is 1. The molecule has 78 valence electrons. The molecule has 0 fully saturated rings. The average Bonchev–Trinajstić information content (AvgIpc) is 2.46. The zero-order chi connectivity index (χ0) is 11.0. The maximum atomic E-state index is 11.5. The smallest absolute Gasteiger partial charge is 0.442 e. The summed E-state index contributed by atoms with van der Waals surface area (Å²) in [7, 11) is 1.31. The maximum absolute atomic E-state index is 11.5. The number of hydrogen-bond acceptors (Lipinski definition) is 4. The molecule has 2 rings (SSSR count). The van der Waals surface area contributed by atoms with Crippen LogP contribution in [-0.2, 0) is 7.05 Å². The van der Waals surface area contributed by atoms with Gasteiger partial charge in [0.2, 0.25) is 0 Å². The largest absolute Gasteiger partial charge is 0.508 e. The fourth-order valence-electron chi connectivity index (χ4n) is 1.18. The van der Waals surface area contributed by atoms with Crippen molar-refractivity contribution in [2.24, 2.45) is 7.05 Å². The number of phenols is 1. The number of hydrogen-bond donors (Lipinski definition) is 1. The Labute approximate surface area is 83.6 Å². The summed E-state index contributed by atoms with van der Waals surface area (Å²) < 4.78 is 6.35. The van der Waals surface area contributed by atoms with E-state index >= 15 is 0 Å². The van der Waals surface area contributed by atoms with E-state index in [1.54, 1.807) is 12.1 Å². The highest BCUT2D eigenvalue weighted by molar-refractivity contribution is 5.36. The van der Waals surface area contributed by atoms with Crippen LogP contribution in [0.4, 0.5) is 0 Å². The third kappa shape index (κ3) is 1.45. The van der Waals surface area contributed by atoms with E-state index in [1.807, 2.05) is 0 Å². The Hall–Kier alpha value is -2.24. The zero-order valence-electron chi connectivity index (χ0n) is 7.88. The van der Waals surface area contributed by atoms with E-state index in [4.69, 9.17) is 0 Å². The highest BCUT2D eigenvalue weighted by Gasteiger charge is 2.09. The molecule has 15 heavy (non-hydrogen) atoms. The first-order chi connectivity index (χ1) is 7.09. The third-order valence-corrected chi connectivity index (χ3v) is 1.97. The van der Waals surface area contributed by atoms with Gasteiger partial charge in [-0.25, -0.2) is 14.2 Å². The monoisotopic (exact) mass is 208 g/mol. The van der Waals surface area contributed by atoms with Gasteiger partial charge in [0, 0.05) is 13.1 Å². The van der Waals surface area contributed by atoms with Crippen LogP contribution in [0.1, 0.15) is 0 Å². The normalized spacial score (nSPS) is 10.5. The van der Waals surface area contributed by atoms with Gasteiger partial charge in [-0.05, 0) is 12.1 Å². The molecular weight excluding hydrogens is 200 g/mol. The van der Waals surface area contributed by atoms with Crippen molar-refractivity contribution in [3.05, 3.63) is 45.3 Å². The van der Waals surface area contributed by atoms with Gasteiger partial charge in [-0.1, -0.05) is 6.07 Å². The van der Waals surface area contributed by atoms with E-state index in [9.17, 15) is 14.7 Å². The fourth-order valence-corrected chi connectivity index (χ4v) is 1.18. The van der Waals surface area contributed by atoms with Gasteiger partial charge in [0.15, 0.2) is 0 Å². The second-order valence-electron chi connectivity index (χ2n) is 3.01. The molecule has 0 saturated heterocycles. The topological polar surface area (TPSA) is 77.4 Å². The van der Waals surface area contributed by atoms with Crippen molar-refractivity contribution in [1.82, 2.24) is 9.31 Å². The Morgan fingerprint density at radius 2 is 2.07 bits per heavy atom. The lowest BCUT2D eigenvalue weighted by atomic mass is 10.3. The number of nitrogens with zero attached hydrogens (tertiary/aromatic N) is 2. The quantitative estimate of drug-likeness (QED) is 0.706. The molecule has 0 radical (unpaired) electrons. The lowest BCUT2D eigenvalue weighted by Crippen LogP contribution is -2.25. The van der Waals surface area contributed by atoms with Crippen LogP contribution in [0.2, 0.25) is 0 Å². The van der Waals surface area contributed by atoms with E-state index in [-0.39, 0.29) is 5.75 Å². The third-order valence-electron chi connectivity index (χ3n) is 1.97. The summed E-state index contributed by atoms with van der Waals surface area (Å²) in [5, 5.41) is 9.20. The molecule has 0 unspecified atom stereocenters. The molecule has 1 heterocycles. The number of rotatable bonds is 1. The molecule has 1 aromatic heterocycles. The van der Waals surface area contributed by atoms with Crippen molar-refractivity contribution in [3.63, 3.8) is 0 Å². The van der Waals surface area contributed by atoms with E-state index < -0.39 is 11.4 Å². The van der Waals surface area contributed by atoms with Crippen molar-refractivity contribution in [2.75, 3.05) is 0 Å². The molecule has 0 aliphatic carbocycles. The number of phenolic OH excluding ortho intramolecular Hbond substituents is 1. The summed E-state index contributed by atoms with van der Waals surface area (Å²) in [6.45, 7) is 0. The lowest BCUT2D eigenvalue weighted by Gasteiger charge is -1.97. The van der Waals surface area contributed by atoms with Crippen molar-refractivity contribution < 1.29 is 9.63 Å². The molecule has 1 N–H and O–H groups in total. The molecule has 6 nitrogen and oxygen atoms in total. The van der Waals surface area contributed by atoms with Crippen LogP contribution in [-0.4, -0.2) is 14.4 Å². The number of aromatic nitrogens is 2.